The highest BCUT2D eigenvalue weighted by Gasteiger charge is 2.26. The molecule has 6 heteroatoms. The zero-order valence-electron chi connectivity index (χ0n) is 18.1. The quantitative estimate of drug-likeness (QED) is 0.516. The van der Waals surface area contributed by atoms with E-state index in [1.165, 1.54) is 12.8 Å². The average molecular weight is 418 g/mol. The average Bonchev–Trinajstić information content (AvgIpc) is 3.50. The molecule has 1 heterocycles. The Labute approximate surface area is 182 Å². The van der Waals surface area contributed by atoms with Crippen molar-refractivity contribution in [1.82, 2.24) is 4.57 Å². The van der Waals surface area contributed by atoms with E-state index >= 15 is 0 Å². The molecule has 0 unspecified atom stereocenters. The third-order valence-electron chi connectivity index (χ3n) is 5.34. The van der Waals surface area contributed by atoms with Crippen LogP contribution in [0.1, 0.15) is 39.2 Å². The number of amides is 1. The monoisotopic (exact) mass is 417 g/mol. The number of fused-ring (bicyclic) bond motifs is 1. The zero-order chi connectivity index (χ0) is 22.0. The highest BCUT2D eigenvalue weighted by atomic mass is 16.6. The Kier molecular flexibility index (Phi) is 5.85. The summed E-state index contributed by atoms with van der Waals surface area (Å²) in [6, 6.07) is 15.9. The number of hydrogen-bond acceptors (Lipinski definition) is 4. The Bertz CT molecular complexity index is 1140. The smallest absolute Gasteiger partial charge is 0.411 e. The number of nitrogens with zero attached hydrogens (tertiary/aromatic N) is 2. The van der Waals surface area contributed by atoms with Gasteiger partial charge in [0.2, 0.25) is 0 Å². The molecule has 0 saturated heterocycles. The lowest BCUT2D eigenvalue weighted by Gasteiger charge is -2.12. The van der Waals surface area contributed by atoms with E-state index in [2.05, 4.69) is 16.0 Å². The fraction of sp³-hybridized carbons (Fsp3) is 0.360. The van der Waals surface area contributed by atoms with Crippen molar-refractivity contribution in [3.63, 3.8) is 0 Å². The van der Waals surface area contributed by atoms with Crippen molar-refractivity contribution in [2.45, 2.75) is 46.3 Å². The molecule has 1 aliphatic carbocycles. The van der Waals surface area contributed by atoms with Gasteiger partial charge in [0, 0.05) is 17.6 Å². The van der Waals surface area contributed by atoms with E-state index in [0.717, 1.165) is 34.5 Å². The second kappa shape index (κ2) is 8.73. The summed E-state index contributed by atoms with van der Waals surface area (Å²) in [4.78, 5) is 11.9. The Hall–Kier alpha value is -3.46. The van der Waals surface area contributed by atoms with Gasteiger partial charge in [-0.25, -0.2) is 4.79 Å². The summed E-state index contributed by atoms with van der Waals surface area (Å²) < 4.78 is 13.1. The summed E-state index contributed by atoms with van der Waals surface area (Å²) >= 11 is 0. The summed E-state index contributed by atoms with van der Waals surface area (Å²) in [7, 11) is 0. The maximum absolute atomic E-state index is 11.9. The molecule has 0 spiro atoms. The van der Waals surface area contributed by atoms with Crippen LogP contribution >= 0.6 is 0 Å². The number of benzene rings is 2. The van der Waals surface area contributed by atoms with Crippen molar-refractivity contribution in [2.75, 3.05) is 11.9 Å². The number of ether oxygens (including phenoxy) is 2. The molecule has 1 fully saturated rings. The minimum Gasteiger partial charge on any atom is -0.494 e. The van der Waals surface area contributed by atoms with Crippen molar-refractivity contribution in [1.29, 1.82) is 5.26 Å². The van der Waals surface area contributed by atoms with Crippen molar-refractivity contribution < 1.29 is 14.3 Å². The van der Waals surface area contributed by atoms with Crippen LogP contribution in [0.4, 0.5) is 10.5 Å². The molecule has 0 bridgehead atoms. The molecule has 1 saturated carbocycles. The normalized spacial score (nSPS) is 13.3. The van der Waals surface area contributed by atoms with Gasteiger partial charge >= 0.3 is 6.09 Å². The third kappa shape index (κ3) is 4.51. The predicted molar refractivity (Wildman–Crippen MR) is 121 cm³/mol. The molecule has 1 aliphatic rings. The largest absolute Gasteiger partial charge is 0.494 e. The van der Waals surface area contributed by atoms with Gasteiger partial charge in [-0.15, -0.1) is 0 Å². The number of carbonyl (C=O) groups excluding carboxylic acids is 1. The summed E-state index contributed by atoms with van der Waals surface area (Å²) in [6.07, 6.45) is 1.78. The van der Waals surface area contributed by atoms with Crippen molar-refractivity contribution in [2.24, 2.45) is 5.92 Å². The van der Waals surface area contributed by atoms with E-state index in [-0.39, 0.29) is 6.10 Å². The van der Waals surface area contributed by atoms with Gasteiger partial charge in [-0.3, -0.25) is 5.32 Å². The first-order valence-electron chi connectivity index (χ1n) is 10.8. The lowest BCUT2D eigenvalue weighted by Crippen LogP contribution is -2.17. The number of nitrogens with one attached hydrogen (secondary N) is 1. The second-order valence-electron chi connectivity index (χ2n) is 8.16. The summed E-state index contributed by atoms with van der Waals surface area (Å²) in [6.45, 7) is 7.04. The third-order valence-corrected chi connectivity index (χ3v) is 5.34. The first kappa shape index (κ1) is 20.8. The minimum absolute atomic E-state index is 0.183. The maximum atomic E-state index is 11.9. The summed E-state index contributed by atoms with van der Waals surface area (Å²) in [5.74, 6) is 1.42. The lowest BCUT2D eigenvalue weighted by atomic mass is 10.1. The molecule has 1 aromatic heterocycles. The number of hydrogen-bond donors (Lipinski definition) is 1. The van der Waals surface area contributed by atoms with Crippen LogP contribution in [0.3, 0.4) is 0 Å². The second-order valence-corrected chi connectivity index (χ2v) is 8.16. The molecule has 2 aromatic carbocycles. The molecular formula is C25H27N3O3. The highest BCUT2D eigenvalue weighted by Crippen LogP contribution is 2.39. The summed E-state index contributed by atoms with van der Waals surface area (Å²) in [5, 5.41) is 13.7. The van der Waals surface area contributed by atoms with Gasteiger partial charge in [0.1, 0.15) is 11.8 Å². The number of carbonyl (C=O) groups is 1. The van der Waals surface area contributed by atoms with Crippen LogP contribution in [0.15, 0.2) is 42.5 Å². The van der Waals surface area contributed by atoms with Crippen molar-refractivity contribution >= 4 is 22.7 Å². The molecule has 31 heavy (non-hydrogen) atoms. The van der Waals surface area contributed by atoms with Crippen LogP contribution in [0.5, 0.6) is 5.75 Å². The Morgan fingerprint density at radius 3 is 2.58 bits per heavy atom. The zero-order valence-corrected chi connectivity index (χ0v) is 18.1. The first-order valence-corrected chi connectivity index (χ1v) is 10.8. The molecule has 6 nitrogen and oxygen atoms in total. The molecule has 4 rings (SSSR count). The summed E-state index contributed by atoms with van der Waals surface area (Å²) in [5.41, 5.74) is 4.20. The van der Waals surface area contributed by atoms with E-state index in [4.69, 9.17) is 9.47 Å². The van der Waals surface area contributed by atoms with Gasteiger partial charge in [-0.1, -0.05) is 12.1 Å². The first-order chi connectivity index (χ1) is 15.0. The Balaban J connectivity index is 1.75. The van der Waals surface area contributed by atoms with E-state index in [1.807, 2.05) is 63.2 Å². The SMILES string of the molecule is CCOc1ccc2c(c1)c(C#N)c(-c1ccc(NC(=O)OC(C)C)cc1)n2CC1CC1. The van der Waals surface area contributed by atoms with Gasteiger partial charge in [0.25, 0.3) is 0 Å². The van der Waals surface area contributed by atoms with E-state index < -0.39 is 6.09 Å². The molecule has 1 N–H and O–H groups in total. The van der Waals surface area contributed by atoms with Crippen LogP contribution in [0, 0.1) is 17.2 Å². The molecule has 0 atom stereocenters. The van der Waals surface area contributed by atoms with E-state index in [9.17, 15) is 10.1 Å². The number of nitriles is 1. The molecule has 1 amide bonds. The van der Waals surface area contributed by atoms with Gasteiger partial charge in [-0.2, -0.15) is 5.26 Å². The molecule has 160 valence electrons. The van der Waals surface area contributed by atoms with Gasteiger partial charge in [-0.05, 0) is 75.4 Å². The van der Waals surface area contributed by atoms with Crippen molar-refractivity contribution in [3.8, 4) is 23.1 Å². The number of rotatable bonds is 7. The van der Waals surface area contributed by atoms with Crippen LogP contribution < -0.4 is 10.1 Å². The molecule has 0 aliphatic heterocycles. The molecule has 0 radical (unpaired) electrons. The predicted octanol–water partition coefficient (Wildman–Crippen LogP) is 5.95. The fourth-order valence-corrected chi connectivity index (χ4v) is 3.82. The van der Waals surface area contributed by atoms with Crippen LogP contribution in [0.25, 0.3) is 22.2 Å². The minimum atomic E-state index is -0.480. The van der Waals surface area contributed by atoms with Crippen LogP contribution in [-0.2, 0) is 11.3 Å². The van der Waals surface area contributed by atoms with Gasteiger partial charge < -0.3 is 14.0 Å². The standard InChI is InChI=1S/C25H27N3O3/c1-4-30-20-11-12-23-21(13-20)22(14-26)24(28(23)15-17-5-6-17)18-7-9-19(10-8-18)27-25(29)31-16(2)3/h7-13,16-17H,4-6,15H2,1-3H3,(H,27,29). The maximum Gasteiger partial charge on any atom is 0.411 e. The Morgan fingerprint density at radius 2 is 1.97 bits per heavy atom. The fourth-order valence-electron chi connectivity index (χ4n) is 3.82. The number of aromatic nitrogens is 1. The van der Waals surface area contributed by atoms with Gasteiger partial charge in [0.05, 0.1) is 29.5 Å². The van der Waals surface area contributed by atoms with E-state index in [0.29, 0.717) is 23.8 Å². The Morgan fingerprint density at radius 1 is 1.23 bits per heavy atom. The van der Waals surface area contributed by atoms with Crippen LogP contribution in [0.2, 0.25) is 0 Å². The lowest BCUT2D eigenvalue weighted by molar-refractivity contribution is 0.130. The molecular weight excluding hydrogens is 390 g/mol. The van der Waals surface area contributed by atoms with Crippen LogP contribution in [-0.4, -0.2) is 23.4 Å². The van der Waals surface area contributed by atoms with E-state index in [1.54, 1.807) is 0 Å². The van der Waals surface area contributed by atoms with Gasteiger partial charge in [0.15, 0.2) is 0 Å². The highest BCUT2D eigenvalue weighted by molar-refractivity contribution is 5.95. The molecule has 3 aromatic rings. The van der Waals surface area contributed by atoms with Crippen molar-refractivity contribution in [3.05, 3.63) is 48.0 Å². The number of anilines is 1. The topological polar surface area (TPSA) is 76.3 Å².